The molecule has 0 heterocycles. The lowest BCUT2D eigenvalue weighted by Gasteiger charge is -2.52. The first-order valence-corrected chi connectivity index (χ1v) is 65.2. The molecule has 20 rings (SSSR count). The van der Waals surface area contributed by atoms with Crippen molar-refractivity contribution in [2.24, 2.45) is 0 Å². The van der Waals surface area contributed by atoms with E-state index in [0.717, 1.165) is 93.4 Å². The molecule has 20 heteroatoms. The molecule has 0 spiro atoms. The van der Waals surface area contributed by atoms with E-state index in [4.69, 9.17) is 8.23 Å². The fraction of sp³-hybridized carbons (Fsp3) is 0. The van der Waals surface area contributed by atoms with Crippen molar-refractivity contribution in [1.82, 2.24) is 0 Å². The Labute approximate surface area is 831 Å². The first-order chi connectivity index (χ1) is 69.1. The summed E-state index contributed by atoms with van der Waals surface area (Å²) in [5, 5.41) is 15.5. The van der Waals surface area contributed by atoms with Gasteiger partial charge in [-0.05, 0) is 104 Å². The van der Waals surface area contributed by atoms with E-state index in [9.17, 15) is 33.6 Å². The molecule has 1 N–H and O–H groups in total. The molecule has 0 aliphatic rings. The van der Waals surface area contributed by atoms with Gasteiger partial charge in [-0.25, -0.2) is 0 Å². The van der Waals surface area contributed by atoms with Crippen LogP contribution >= 0.6 is 0 Å². The van der Waals surface area contributed by atoms with Crippen LogP contribution in [-0.2, 0) is 37.0 Å². The minimum absolute atomic E-state index is 0.621. The van der Waals surface area contributed by atoms with Crippen LogP contribution in [0.2, 0.25) is 0 Å². The second-order valence-electron chi connectivity index (χ2n) is 34.3. The summed E-state index contributed by atoms with van der Waals surface area (Å²) >= 11 is 0. The number of rotatable bonds is 38. The van der Waals surface area contributed by atoms with E-state index >= 15 is 0 Å². The van der Waals surface area contributed by atoms with Gasteiger partial charge in [0.15, 0.2) is 0 Å². The Kier molecular flexibility index (Phi) is 28.7. The monoisotopic (exact) mass is 1980 g/mol. The molecule has 0 bridgehead atoms. The Morgan fingerprint density at radius 1 is 0.114 bits per heavy atom. The summed E-state index contributed by atoms with van der Waals surface area (Å²) in [6, 6.07) is 210. The zero-order valence-corrected chi connectivity index (χ0v) is 87.1. The lowest BCUT2D eigenvalue weighted by molar-refractivity contribution is 0.283. The van der Waals surface area contributed by atoms with E-state index in [2.05, 4.69) is 485 Å². The van der Waals surface area contributed by atoms with Crippen LogP contribution in [0.4, 0.5) is 0 Å². The Morgan fingerprint density at radius 2 is 0.214 bits per heavy atom. The first-order valence-electron chi connectivity index (χ1n) is 47.2. The maximum atomic E-state index is 14.9. The predicted molar refractivity (Wildman–Crippen MR) is 592 cm³/mol. The predicted octanol–water partition coefficient (Wildman–Crippen LogP) is 12.0. The van der Waals surface area contributed by atoms with Gasteiger partial charge >= 0.3 is 77.0 Å². The highest BCUT2D eigenvalue weighted by Gasteiger charge is 2.69. The Bertz CT molecular complexity index is 6780. The molecule has 0 unspecified atom stereocenters. The Balaban J connectivity index is 0.906. The van der Waals surface area contributed by atoms with Crippen molar-refractivity contribution in [3.63, 3.8) is 0 Å². The van der Waals surface area contributed by atoms with E-state index in [1.165, 1.54) is 0 Å². The van der Waals surface area contributed by atoms with Crippen molar-refractivity contribution in [1.29, 1.82) is 0 Å². The van der Waals surface area contributed by atoms with Gasteiger partial charge < -0.3 is 41.8 Å². The molecule has 20 aromatic carbocycles. The summed E-state index contributed by atoms with van der Waals surface area (Å²) < 4.78 is 84.8. The molecule has 20 aromatic rings. The van der Waals surface area contributed by atoms with Gasteiger partial charge in [0, 0.05) is 0 Å². The summed E-state index contributed by atoms with van der Waals surface area (Å²) in [5.41, 5.74) is 0. The summed E-state index contributed by atoms with van der Waals surface area (Å²) in [5.74, 6) is 0. The fourth-order valence-electron chi connectivity index (χ4n) is 18.9. The van der Waals surface area contributed by atoms with Crippen LogP contribution in [0.5, 0.6) is 0 Å². The SMILES string of the molecule is O[Si](O[Si](O[Si](O[Si](O[Si](O[Si](O[Si](O[Si](O[Si](O[SiH](c1ccccc1)c1ccccc1)(c1ccccc1)c1ccccc1)(c1ccccc1)c1ccccc1)(c1ccccc1)c1ccccc1)(c1ccccc1)c1ccccc1)(c1ccccc1)c1ccccc1)(c1ccccc1)c1ccccc1)(c1ccccc1)c1ccccc1)(c1ccccc1)c1ccccc1)(c1ccccc1)c1ccccc1. The third-order valence-electron chi connectivity index (χ3n) is 25.6. The molecular formula is C120H102O10Si10. The van der Waals surface area contributed by atoms with E-state index in [-0.39, 0.29) is 0 Å². The molecule has 0 aliphatic heterocycles. The quantitative estimate of drug-likeness (QED) is 0.0376. The minimum Gasteiger partial charge on any atom is -0.424 e. The van der Waals surface area contributed by atoms with Gasteiger partial charge in [0.05, 0.1) is 0 Å². The Morgan fingerprint density at radius 3 is 0.350 bits per heavy atom. The average Bonchev–Trinajstić information content (AvgIpc) is 0.693. The van der Waals surface area contributed by atoms with Crippen molar-refractivity contribution < 1.29 is 41.8 Å². The van der Waals surface area contributed by atoms with Crippen LogP contribution in [0.1, 0.15) is 0 Å². The Hall–Kier alpha value is -13.8. The third kappa shape index (κ3) is 19.0. The molecule has 140 heavy (non-hydrogen) atoms. The van der Waals surface area contributed by atoms with E-state index < -0.39 is 86.1 Å². The molecule has 0 amide bonds. The molecule has 0 aliphatic carbocycles. The highest BCUT2D eigenvalue weighted by atomic mass is 28.5. The molecule has 10 nitrogen and oxygen atoms in total. The largest absolute Gasteiger partial charge is 0.424 e. The highest BCUT2D eigenvalue weighted by molar-refractivity contribution is 7.17. The van der Waals surface area contributed by atoms with Gasteiger partial charge in [-0.15, -0.1) is 0 Å². The zero-order valence-electron chi connectivity index (χ0n) is 76.9. The van der Waals surface area contributed by atoms with Crippen LogP contribution in [0.15, 0.2) is 607 Å². The molecule has 0 aromatic heterocycles. The normalized spacial score (nSPS) is 12.4. The van der Waals surface area contributed by atoms with E-state index in [1.54, 1.807) is 0 Å². The maximum absolute atomic E-state index is 14.9. The second-order valence-corrected chi connectivity index (χ2v) is 65.4. The highest BCUT2D eigenvalue weighted by Crippen LogP contribution is 2.35. The topological polar surface area (TPSA) is 103 Å². The molecule has 0 fully saturated rings. The molecule has 0 saturated heterocycles. The van der Waals surface area contributed by atoms with Crippen LogP contribution < -0.4 is 104 Å². The average molecular weight is 1980 g/mol. The molecule has 0 atom stereocenters. The maximum Gasteiger partial charge on any atom is 0.396 e. The summed E-state index contributed by atoms with van der Waals surface area (Å²) in [7, 11) is -46.9. The second kappa shape index (κ2) is 42.9. The zero-order chi connectivity index (χ0) is 94.7. The number of benzene rings is 20. The summed E-state index contributed by atoms with van der Waals surface area (Å²) in [4.78, 5) is 14.9. The van der Waals surface area contributed by atoms with E-state index in [1.807, 2.05) is 121 Å². The molecule has 0 radical (unpaired) electrons. The lowest BCUT2D eigenvalue weighted by Crippen LogP contribution is -2.86. The minimum atomic E-state index is -5.14. The standard InChI is InChI=1S/C120H102O10Si10/c121-132(103-65-25-3-26-66-103,104-67-27-4-28-68-104)123-134(107-73-33-7-34-74-107,108-75-35-8-36-76-108)125-136(111-81-41-11-42-82-111,112-83-43-12-44-84-112)127-138(115-89-49-15-50-90-115,116-91-51-16-52-92-116)129-140(119-97-57-19-58-98-119,120-99-59-20-60-100-120)130-139(117-93-53-17-54-94-117,118-95-55-18-56-96-118)128-137(113-85-45-13-46-86-113,114-87-47-14-48-88-114)126-135(109-77-37-9-38-78-109,110-79-39-10-40-80-110)124-133(105-69-29-5-30-70-105,106-71-31-6-32-72-106)122-131(101-61-21-1-22-62-101)102-63-23-2-24-64-102/h1-100,121,131H. The lowest BCUT2D eigenvalue weighted by atomic mass is 10.4. The fourth-order valence-corrected chi connectivity index (χ4v) is 70.8. The smallest absolute Gasteiger partial charge is 0.396 e. The van der Waals surface area contributed by atoms with Gasteiger partial charge in [-0.2, -0.15) is 0 Å². The van der Waals surface area contributed by atoms with Crippen molar-refractivity contribution in [3.8, 4) is 0 Å². The summed E-state index contributed by atoms with van der Waals surface area (Å²) in [6.45, 7) is 0. The summed E-state index contributed by atoms with van der Waals surface area (Å²) in [6.07, 6.45) is 0. The third-order valence-corrected chi connectivity index (χ3v) is 68.0. The van der Waals surface area contributed by atoms with Crippen LogP contribution in [-0.4, -0.2) is 90.9 Å². The van der Waals surface area contributed by atoms with Gasteiger partial charge in [-0.3, -0.25) is 0 Å². The van der Waals surface area contributed by atoms with Crippen LogP contribution in [0.25, 0.3) is 0 Å². The van der Waals surface area contributed by atoms with Crippen molar-refractivity contribution in [2.45, 2.75) is 0 Å². The van der Waals surface area contributed by atoms with E-state index in [0.29, 0.717) is 10.4 Å². The van der Waals surface area contributed by atoms with Crippen molar-refractivity contribution in [2.75, 3.05) is 0 Å². The van der Waals surface area contributed by atoms with Gasteiger partial charge in [0.2, 0.25) is 9.04 Å². The van der Waals surface area contributed by atoms with Crippen molar-refractivity contribution >= 4 is 190 Å². The van der Waals surface area contributed by atoms with Gasteiger partial charge in [0.1, 0.15) is 0 Å². The number of hydrogen-bond donors (Lipinski definition) is 1. The molecular weight excluding hydrogens is 1880 g/mol. The van der Waals surface area contributed by atoms with Crippen LogP contribution in [0.3, 0.4) is 0 Å². The first kappa shape index (κ1) is 93.8. The van der Waals surface area contributed by atoms with Crippen LogP contribution in [0, 0.1) is 0 Å². The van der Waals surface area contributed by atoms with Crippen molar-refractivity contribution in [3.05, 3.63) is 607 Å². The van der Waals surface area contributed by atoms with Gasteiger partial charge in [-0.1, -0.05) is 607 Å². The molecule has 682 valence electrons. The van der Waals surface area contributed by atoms with Gasteiger partial charge in [0.25, 0.3) is 0 Å². The number of hydrogen-bond acceptors (Lipinski definition) is 10. The molecule has 0 saturated carbocycles.